The SMILES string of the molecule is Cc1nnc(NC(=O)Cc2ccccc2)s1. The quantitative estimate of drug-likeness (QED) is 0.882. The Labute approximate surface area is 97.3 Å². The summed E-state index contributed by atoms with van der Waals surface area (Å²) in [6.45, 7) is 1.85. The van der Waals surface area contributed by atoms with E-state index in [1.807, 2.05) is 37.3 Å². The molecule has 0 fully saturated rings. The van der Waals surface area contributed by atoms with Crippen molar-refractivity contribution in [3.05, 3.63) is 40.9 Å². The second kappa shape index (κ2) is 4.85. The van der Waals surface area contributed by atoms with Gasteiger partial charge in [0.15, 0.2) is 0 Å². The first-order valence-corrected chi connectivity index (χ1v) is 5.69. The van der Waals surface area contributed by atoms with Gasteiger partial charge in [-0.1, -0.05) is 41.7 Å². The number of amides is 1. The van der Waals surface area contributed by atoms with Gasteiger partial charge >= 0.3 is 0 Å². The van der Waals surface area contributed by atoms with Crippen molar-refractivity contribution in [2.75, 3.05) is 5.32 Å². The average Bonchev–Trinajstić information content (AvgIpc) is 2.65. The van der Waals surface area contributed by atoms with Gasteiger partial charge < -0.3 is 5.32 Å². The maximum atomic E-state index is 11.6. The number of anilines is 1. The van der Waals surface area contributed by atoms with Crippen molar-refractivity contribution in [1.29, 1.82) is 0 Å². The lowest BCUT2D eigenvalue weighted by Gasteiger charge is -2.00. The molecule has 0 bridgehead atoms. The molecule has 0 spiro atoms. The van der Waals surface area contributed by atoms with Gasteiger partial charge in [-0.2, -0.15) is 0 Å². The number of hydrogen-bond donors (Lipinski definition) is 1. The van der Waals surface area contributed by atoms with Crippen LogP contribution < -0.4 is 5.32 Å². The van der Waals surface area contributed by atoms with Crippen LogP contribution in [0, 0.1) is 6.92 Å². The molecule has 16 heavy (non-hydrogen) atoms. The van der Waals surface area contributed by atoms with Crippen LogP contribution in [0.15, 0.2) is 30.3 Å². The molecule has 82 valence electrons. The van der Waals surface area contributed by atoms with E-state index in [2.05, 4.69) is 15.5 Å². The molecule has 0 saturated heterocycles. The molecule has 0 aliphatic rings. The van der Waals surface area contributed by atoms with E-state index in [-0.39, 0.29) is 5.91 Å². The van der Waals surface area contributed by atoms with Crippen LogP contribution in [0.1, 0.15) is 10.6 Å². The zero-order chi connectivity index (χ0) is 11.4. The topological polar surface area (TPSA) is 54.9 Å². The molecule has 0 aliphatic carbocycles. The summed E-state index contributed by atoms with van der Waals surface area (Å²) in [5.41, 5.74) is 0.987. The average molecular weight is 233 g/mol. The summed E-state index contributed by atoms with van der Waals surface area (Å²) < 4.78 is 0. The standard InChI is InChI=1S/C11H11N3OS/c1-8-13-14-11(16-8)12-10(15)7-9-5-3-2-4-6-9/h2-6H,7H2,1H3,(H,12,14,15). The van der Waals surface area contributed by atoms with E-state index in [0.717, 1.165) is 10.6 Å². The Kier molecular flexibility index (Phi) is 3.26. The molecule has 4 nitrogen and oxygen atoms in total. The molecule has 0 unspecified atom stereocenters. The molecule has 0 atom stereocenters. The van der Waals surface area contributed by atoms with Crippen LogP contribution >= 0.6 is 11.3 Å². The van der Waals surface area contributed by atoms with Gasteiger partial charge in [-0.15, -0.1) is 10.2 Å². The molecular weight excluding hydrogens is 222 g/mol. The van der Waals surface area contributed by atoms with Gasteiger partial charge in [-0.05, 0) is 12.5 Å². The number of carbonyl (C=O) groups excluding carboxylic acids is 1. The van der Waals surface area contributed by atoms with E-state index in [1.54, 1.807) is 0 Å². The minimum atomic E-state index is -0.0673. The summed E-state index contributed by atoms with van der Waals surface area (Å²) in [5.74, 6) is -0.0673. The van der Waals surface area contributed by atoms with Crippen LogP contribution in [-0.2, 0) is 11.2 Å². The molecule has 2 rings (SSSR count). The van der Waals surface area contributed by atoms with Crippen LogP contribution in [0.5, 0.6) is 0 Å². The lowest BCUT2D eigenvalue weighted by Crippen LogP contribution is -2.14. The number of aromatic nitrogens is 2. The summed E-state index contributed by atoms with van der Waals surface area (Å²) in [7, 11) is 0. The normalized spacial score (nSPS) is 10.1. The highest BCUT2D eigenvalue weighted by Crippen LogP contribution is 2.13. The lowest BCUT2D eigenvalue weighted by atomic mass is 10.1. The predicted molar refractivity (Wildman–Crippen MR) is 63.4 cm³/mol. The number of benzene rings is 1. The van der Waals surface area contributed by atoms with Gasteiger partial charge in [0.1, 0.15) is 5.01 Å². The number of hydrogen-bond acceptors (Lipinski definition) is 4. The fraction of sp³-hybridized carbons (Fsp3) is 0.182. The summed E-state index contributed by atoms with van der Waals surface area (Å²) in [6.07, 6.45) is 0.361. The lowest BCUT2D eigenvalue weighted by molar-refractivity contribution is -0.115. The first-order chi connectivity index (χ1) is 7.74. The largest absolute Gasteiger partial charge is 0.300 e. The first-order valence-electron chi connectivity index (χ1n) is 4.88. The minimum absolute atomic E-state index is 0.0673. The molecule has 1 aromatic heterocycles. The van der Waals surface area contributed by atoms with Crippen LogP contribution in [0.4, 0.5) is 5.13 Å². The molecule has 1 N–H and O–H groups in total. The van der Waals surface area contributed by atoms with Crippen LogP contribution in [0.2, 0.25) is 0 Å². The van der Waals surface area contributed by atoms with E-state index < -0.39 is 0 Å². The van der Waals surface area contributed by atoms with Gasteiger partial charge in [-0.25, -0.2) is 0 Å². The van der Waals surface area contributed by atoms with E-state index in [1.165, 1.54) is 11.3 Å². The molecule has 5 heteroatoms. The molecule has 0 aliphatic heterocycles. The summed E-state index contributed by atoms with van der Waals surface area (Å²) in [4.78, 5) is 11.6. The summed E-state index contributed by atoms with van der Waals surface area (Å²) in [6, 6.07) is 9.60. The van der Waals surface area contributed by atoms with Crippen LogP contribution in [-0.4, -0.2) is 16.1 Å². The van der Waals surface area contributed by atoms with E-state index >= 15 is 0 Å². The zero-order valence-corrected chi connectivity index (χ0v) is 9.62. The van der Waals surface area contributed by atoms with Gasteiger partial charge in [0, 0.05) is 0 Å². The Balaban J connectivity index is 1.95. The van der Waals surface area contributed by atoms with Crippen molar-refractivity contribution in [3.8, 4) is 0 Å². The predicted octanol–water partition coefficient (Wildman–Crippen LogP) is 2.03. The van der Waals surface area contributed by atoms with Gasteiger partial charge in [0.2, 0.25) is 11.0 Å². The molecular formula is C11H11N3OS. The summed E-state index contributed by atoms with van der Waals surface area (Å²) >= 11 is 1.37. The number of carbonyl (C=O) groups is 1. The third-order valence-corrected chi connectivity index (χ3v) is 2.73. The number of aryl methyl sites for hydroxylation is 1. The Hall–Kier alpha value is -1.75. The fourth-order valence-corrected chi connectivity index (χ4v) is 1.90. The molecule has 1 amide bonds. The monoisotopic (exact) mass is 233 g/mol. The number of rotatable bonds is 3. The van der Waals surface area contributed by atoms with Crippen molar-refractivity contribution in [1.82, 2.24) is 10.2 Å². The first kappa shape index (κ1) is 10.8. The third kappa shape index (κ3) is 2.87. The maximum absolute atomic E-state index is 11.6. The van der Waals surface area contributed by atoms with E-state index in [4.69, 9.17) is 0 Å². The highest BCUT2D eigenvalue weighted by Gasteiger charge is 2.06. The van der Waals surface area contributed by atoms with E-state index in [0.29, 0.717) is 11.6 Å². The van der Waals surface area contributed by atoms with Crippen molar-refractivity contribution in [2.45, 2.75) is 13.3 Å². The Bertz CT molecular complexity index is 481. The zero-order valence-electron chi connectivity index (χ0n) is 8.80. The third-order valence-electron chi connectivity index (χ3n) is 1.98. The van der Waals surface area contributed by atoms with Crippen LogP contribution in [0.3, 0.4) is 0 Å². The van der Waals surface area contributed by atoms with Crippen LogP contribution in [0.25, 0.3) is 0 Å². The Morgan fingerprint density at radius 2 is 2.06 bits per heavy atom. The summed E-state index contributed by atoms with van der Waals surface area (Å²) in [5, 5.41) is 11.8. The molecule has 2 aromatic rings. The second-order valence-corrected chi connectivity index (χ2v) is 4.52. The van der Waals surface area contributed by atoms with Crippen molar-refractivity contribution in [2.24, 2.45) is 0 Å². The molecule has 0 saturated carbocycles. The van der Waals surface area contributed by atoms with E-state index in [9.17, 15) is 4.79 Å². The fourth-order valence-electron chi connectivity index (χ4n) is 1.29. The van der Waals surface area contributed by atoms with Crippen molar-refractivity contribution >= 4 is 22.4 Å². The molecule has 0 radical (unpaired) electrons. The minimum Gasteiger partial charge on any atom is -0.300 e. The van der Waals surface area contributed by atoms with Gasteiger partial charge in [0.05, 0.1) is 6.42 Å². The van der Waals surface area contributed by atoms with Crippen molar-refractivity contribution < 1.29 is 4.79 Å². The highest BCUT2D eigenvalue weighted by molar-refractivity contribution is 7.15. The highest BCUT2D eigenvalue weighted by atomic mass is 32.1. The molecule has 1 heterocycles. The maximum Gasteiger partial charge on any atom is 0.230 e. The Morgan fingerprint density at radius 3 is 2.69 bits per heavy atom. The van der Waals surface area contributed by atoms with Gasteiger partial charge in [-0.3, -0.25) is 4.79 Å². The van der Waals surface area contributed by atoms with Gasteiger partial charge in [0.25, 0.3) is 0 Å². The van der Waals surface area contributed by atoms with Crippen molar-refractivity contribution in [3.63, 3.8) is 0 Å². The number of nitrogens with zero attached hydrogens (tertiary/aromatic N) is 2. The molecule has 1 aromatic carbocycles. The second-order valence-electron chi connectivity index (χ2n) is 3.34. The Morgan fingerprint density at radius 1 is 1.31 bits per heavy atom. The smallest absolute Gasteiger partial charge is 0.230 e. The number of nitrogens with one attached hydrogen (secondary N) is 1.